The Labute approximate surface area is 365 Å². The second kappa shape index (κ2) is 15.0. The molecule has 0 bridgehead atoms. The fraction of sp³-hybridized carbons (Fsp3) is 0. The van der Waals surface area contributed by atoms with Crippen molar-refractivity contribution in [3.8, 4) is 44.5 Å². The number of thiophene rings is 1. The molecule has 290 valence electrons. The monoisotopic (exact) mass is 805 g/mol. The average molecular weight is 806 g/mol. The minimum atomic E-state index is 1.11. The molecule has 0 N–H and O–H groups in total. The second-order valence-electron chi connectivity index (χ2n) is 16.1. The number of nitrogens with zero attached hydrogens (tertiary/aromatic N) is 1. The summed E-state index contributed by atoms with van der Waals surface area (Å²) >= 11 is 1.87. The summed E-state index contributed by atoms with van der Waals surface area (Å²) in [6.45, 7) is 0. The van der Waals surface area contributed by atoms with Crippen molar-refractivity contribution in [1.29, 1.82) is 0 Å². The number of hydrogen-bond acceptors (Lipinski definition) is 2. The molecular weight excluding hydrogens is 767 g/mol. The molecule has 62 heavy (non-hydrogen) atoms. The van der Waals surface area contributed by atoms with E-state index in [1.54, 1.807) is 0 Å². The van der Waals surface area contributed by atoms with E-state index in [1.165, 1.54) is 103 Å². The molecule has 0 aliphatic carbocycles. The minimum Gasteiger partial charge on any atom is -0.310 e. The van der Waals surface area contributed by atoms with Crippen molar-refractivity contribution in [1.82, 2.24) is 0 Å². The Kier molecular flexibility index (Phi) is 8.76. The van der Waals surface area contributed by atoms with Gasteiger partial charge in [-0.2, -0.15) is 0 Å². The van der Waals surface area contributed by atoms with Crippen molar-refractivity contribution < 1.29 is 0 Å². The fourth-order valence-electron chi connectivity index (χ4n) is 9.43. The quantitative estimate of drug-likeness (QED) is 0.145. The molecule has 0 amide bonds. The first-order valence-corrected chi connectivity index (χ1v) is 22.1. The topological polar surface area (TPSA) is 3.24 Å². The first-order valence-electron chi connectivity index (χ1n) is 21.2. The van der Waals surface area contributed by atoms with Gasteiger partial charge in [-0.25, -0.2) is 0 Å². The van der Waals surface area contributed by atoms with E-state index < -0.39 is 0 Å². The highest BCUT2D eigenvalue weighted by Crippen LogP contribution is 2.47. The molecule has 0 unspecified atom stereocenters. The molecule has 1 aromatic heterocycles. The lowest BCUT2D eigenvalue weighted by Gasteiger charge is -2.27. The van der Waals surface area contributed by atoms with Gasteiger partial charge in [0, 0.05) is 31.5 Å². The summed E-state index contributed by atoms with van der Waals surface area (Å²) in [6, 6.07) is 86.7. The van der Waals surface area contributed by atoms with E-state index in [1.807, 2.05) is 11.3 Å². The zero-order valence-electron chi connectivity index (χ0n) is 33.9. The van der Waals surface area contributed by atoms with Gasteiger partial charge in [0.25, 0.3) is 0 Å². The molecule has 11 aromatic carbocycles. The van der Waals surface area contributed by atoms with Crippen LogP contribution in [0, 0.1) is 0 Å². The summed E-state index contributed by atoms with van der Waals surface area (Å²) in [4.78, 5) is 2.44. The van der Waals surface area contributed by atoms with E-state index in [0.717, 1.165) is 11.4 Å². The number of rotatable bonds is 7. The number of benzene rings is 11. The lowest BCUT2D eigenvalue weighted by atomic mass is 9.89. The van der Waals surface area contributed by atoms with Crippen LogP contribution in [0.2, 0.25) is 0 Å². The summed E-state index contributed by atoms with van der Waals surface area (Å²) < 4.78 is 2.58. The Balaban J connectivity index is 0.987. The Morgan fingerprint density at radius 2 is 0.790 bits per heavy atom. The molecule has 0 aliphatic heterocycles. The maximum absolute atomic E-state index is 2.44. The van der Waals surface area contributed by atoms with Crippen molar-refractivity contribution in [2.75, 3.05) is 4.90 Å². The molecule has 0 atom stereocenters. The SMILES string of the molecule is c1ccc(-c2ccc(-c3ccc(N(c4ccc(-c5ccccc5-c5cc6ccccc6c6ccccc56)cc4)c4cccc5sc6cc7ccccc7cc6c45)cc3)cc2)cc1. The van der Waals surface area contributed by atoms with Crippen molar-refractivity contribution in [2.45, 2.75) is 0 Å². The maximum atomic E-state index is 2.44. The van der Waals surface area contributed by atoms with Gasteiger partial charge >= 0.3 is 0 Å². The predicted molar refractivity (Wildman–Crippen MR) is 268 cm³/mol. The van der Waals surface area contributed by atoms with E-state index in [4.69, 9.17) is 0 Å². The first-order chi connectivity index (χ1) is 30.7. The highest BCUT2D eigenvalue weighted by molar-refractivity contribution is 7.26. The fourth-order valence-corrected chi connectivity index (χ4v) is 10.6. The molecule has 0 fully saturated rings. The van der Waals surface area contributed by atoms with Gasteiger partial charge in [-0.3, -0.25) is 0 Å². The van der Waals surface area contributed by atoms with Crippen LogP contribution in [0.5, 0.6) is 0 Å². The molecule has 0 saturated carbocycles. The maximum Gasteiger partial charge on any atom is 0.0554 e. The number of fused-ring (bicyclic) bond motifs is 7. The van der Waals surface area contributed by atoms with Gasteiger partial charge in [-0.1, -0.05) is 182 Å². The molecule has 0 radical (unpaired) electrons. The number of hydrogen-bond donors (Lipinski definition) is 0. The number of anilines is 3. The predicted octanol–water partition coefficient (Wildman–Crippen LogP) is 17.7. The van der Waals surface area contributed by atoms with Crippen LogP contribution < -0.4 is 4.90 Å². The average Bonchev–Trinajstić information content (AvgIpc) is 3.72. The minimum absolute atomic E-state index is 1.11. The summed E-state index contributed by atoms with van der Waals surface area (Å²) in [5, 5.41) is 10.2. The molecule has 12 rings (SSSR count). The molecule has 2 heteroatoms. The Hall–Kier alpha value is -7.78. The van der Waals surface area contributed by atoms with Crippen LogP contribution in [0.1, 0.15) is 0 Å². The van der Waals surface area contributed by atoms with E-state index in [0.29, 0.717) is 0 Å². The standard InChI is InChI=1S/C60H39NS/c1-2-13-40(14-3-1)41-25-27-42(28-26-41)43-29-33-48(34-30-43)61(57-23-12-24-58-60(57)56-37-45-15-4-5-16-46(45)39-59(56)62-58)49-35-31-44(32-36-49)50-18-8-9-21-53(50)55-38-47-17-6-7-19-51(47)52-20-10-11-22-54(52)55/h1-39H. The zero-order valence-corrected chi connectivity index (χ0v) is 34.7. The van der Waals surface area contributed by atoms with E-state index >= 15 is 0 Å². The van der Waals surface area contributed by atoms with Crippen LogP contribution in [0.25, 0.3) is 97.0 Å². The summed E-state index contributed by atoms with van der Waals surface area (Å²) in [7, 11) is 0. The second-order valence-corrected chi connectivity index (χ2v) is 17.1. The van der Waals surface area contributed by atoms with Gasteiger partial charge in [0.05, 0.1) is 5.69 Å². The Morgan fingerprint density at radius 1 is 0.274 bits per heavy atom. The van der Waals surface area contributed by atoms with E-state index in [9.17, 15) is 0 Å². The highest BCUT2D eigenvalue weighted by Gasteiger charge is 2.20. The zero-order chi connectivity index (χ0) is 41.0. The van der Waals surface area contributed by atoms with Gasteiger partial charge in [0.1, 0.15) is 0 Å². The van der Waals surface area contributed by atoms with Crippen LogP contribution in [0.3, 0.4) is 0 Å². The molecule has 0 spiro atoms. The summed E-state index contributed by atoms with van der Waals surface area (Å²) in [5.41, 5.74) is 13.1. The van der Waals surface area contributed by atoms with Gasteiger partial charge in [-0.15, -0.1) is 11.3 Å². The molecule has 1 heterocycles. The van der Waals surface area contributed by atoms with Gasteiger partial charge in [0.15, 0.2) is 0 Å². The van der Waals surface area contributed by atoms with Crippen LogP contribution >= 0.6 is 11.3 Å². The third-order valence-electron chi connectivity index (χ3n) is 12.5. The highest BCUT2D eigenvalue weighted by atomic mass is 32.1. The van der Waals surface area contributed by atoms with Gasteiger partial charge in [-0.05, 0) is 131 Å². The normalized spacial score (nSPS) is 11.5. The van der Waals surface area contributed by atoms with Crippen LogP contribution in [0.4, 0.5) is 17.1 Å². The molecule has 0 aliphatic rings. The van der Waals surface area contributed by atoms with Gasteiger partial charge in [0.2, 0.25) is 0 Å². The van der Waals surface area contributed by atoms with E-state index in [2.05, 4.69) is 241 Å². The van der Waals surface area contributed by atoms with Crippen LogP contribution in [-0.4, -0.2) is 0 Å². The molecular formula is C60H39NS. The van der Waals surface area contributed by atoms with E-state index in [-0.39, 0.29) is 0 Å². The van der Waals surface area contributed by atoms with Crippen molar-refractivity contribution in [3.63, 3.8) is 0 Å². The third-order valence-corrected chi connectivity index (χ3v) is 13.6. The lowest BCUT2D eigenvalue weighted by molar-refractivity contribution is 1.30. The first kappa shape index (κ1) is 36.1. The van der Waals surface area contributed by atoms with Crippen LogP contribution in [-0.2, 0) is 0 Å². The molecule has 0 saturated heterocycles. The van der Waals surface area contributed by atoms with Gasteiger partial charge < -0.3 is 4.90 Å². The van der Waals surface area contributed by atoms with Crippen molar-refractivity contribution >= 4 is 80.9 Å². The third kappa shape index (κ3) is 6.24. The lowest BCUT2D eigenvalue weighted by Crippen LogP contribution is -2.10. The Morgan fingerprint density at radius 3 is 1.48 bits per heavy atom. The van der Waals surface area contributed by atoms with Crippen molar-refractivity contribution in [2.24, 2.45) is 0 Å². The molecule has 12 aromatic rings. The van der Waals surface area contributed by atoms with Crippen molar-refractivity contribution in [3.05, 3.63) is 237 Å². The Bertz CT molecular complexity index is 3600. The smallest absolute Gasteiger partial charge is 0.0554 e. The largest absolute Gasteiger partial charge is 0.310 e. The van der Waals surface area contributed by atoms with Crippen LogP contribution in [0.15, 0.2) is 237 Å². The summed E-state index contributed by atoms with van der Waals surface area (Å²) in [6.07, 6.45) is 0. The summed E-state index contributed by atoms with van der Waals surface area (Å²) in [5.74, 6) is 0. The molecule has 1 nitrogen and oxygen atoms in total.